The van der Waals surface area contributed by atoms with Gasteiger partial charge in [-0.2, -0.15) is 5.10 Å². The van der Waals surface area contributed by atoms with Crippen LogP contribution in [0.4, 0.5) is 5.69 Å². The summed E-state index contributed by atoms with van der Waals surface area (Å²) in [4.78, 5) is 6.44. The van der Waals surface area contributed by atoms with Gasteiger partial charge in [0.15, 0.2) is 5.15 Å². The molecule has 1 fully saturated rings. The maximum absolute atomic E-state index is 6.59. The smallest absolute Gasteiger partial charge is 0.155 e. The van der Waals surface area contributed by atoms with E-state index in [1.165, 1.54) is 0 Å². The minimum absolute atomic E-state index is 0.370. The van der Waals surface area contributed by atoms with Gasteiger partial charge in [0.2, 0.25) is 0 Å². The standard InChI is InChI=1S/C29H29ClN4/c1-5-20-17-24(12-11-21(20)14-16-33(4)23-9-7-6-8-10-23)34-27-25(13-15-31-28(27)30)26(32-34)22-18-29(2,3)19-22/h5-17,22H,1,18-19H2,2-4H3/b16-14-. The average Bonchev–Trinajstić information content (AvgIpc) is 3.22. The zero-order valence-electron chi connectivity index (χ0n) is 19.9. The molecule has 0 aliphatic heterocycles. The number of benzene rings is 2. The summed E-state index contributed by atoms with van der Waals surface area (Å²) in [5, 5.41) is 6.63. The van der Waals surface area contributed by atoms with Crippen LogP contribution in [0, 0.1) is 5.41 Å². The second kappa shape index (κ2) is 8.77. The van der Waals surface area contributed by atoms with Crippen molar-refractivity contribution in [2.24, 2.45) is 5.41 Å². The van der Waals surface area contributed by atoms with Crippen LogP contribution in [0.25, 0.3) is 28.7 Å². The number of hydrogen-bond donors (Lipinski definition) is 0. The number of anilines is 1. The van der Waals surface area contributed by atoms with Gasteiger partial charge in [-0.25, -0.2) is 9.67 Å². The van der Waals surface area contributed by atoms with Gasteiger partial charge in [0.05, 0.1) is 11.4 Å². The van der Waals surface area contributed by atoms with E-state index in [2.05, 4.69) is 72.9 Å². The minimum Gasteiger partial charge on any atom is -0.351 e. The number of fused-ring (bicyclic) bond motifs is 1. The fraction of sp³-hybridized carbons (Fsp3) is 0.241. The van der Waals surface area contributed by atoms with Crippen molar-refractivity contribution in [3.05, 3.63) is 95.5 Å². The largest absolute Gasteiger partial charge is 0.351 e. The molecule has 5 heteroatoms. The highest BCUT2D eigenvalue weighted by Crippen LogP contribution is 2.51. The number of aromatic nitrogens is 3. The SMILES string of the molecule is C=Cc1cc(-n2nc(C3CC(C)(C)C3)c3ccnc(Cl)c32)ccc1/C=C\N(C)c1ccccc1. The topological polar surface area (TPSA) is 34.0 Å². The number of hydrogen-bond acceptors (Lipinski definition) is 3. The third-order valence-electron chi connectivity index (χ3n) is 6.74. The van der Waals surface area contributed by atoms with Gasteiger partial charge in [0.1, 0.15) is 5.52 Å². The lowest BCUT2D eigenvalue weighted by Gasteiger charge is -2.41. The molecule has 2 heterocycles. The second-order valence-electron chi connectivity index (χ2n) is 9.84. The minimum atomic E-state index is 0.370. The number of pyridine rings is 1. The van der Waals surface area contributed by atoms with E-state index in [0.29, 0.717) is 16.5 Å². The zero-order chi connectivity index (χ0) is 23.9. The molecule has 0 unspecified atom stereocenters. The van der Waals surface area contributed by atoms with Crippen LogP contribution in [0.2, 0.25) is 5.15 Å². The maximum atomic E-state index is 6.59. The van der Waals surface area contributed by atoms with Crippen molar-refractivity contribution in [1.29, 1.82) is 0 Å². The first-order valence-electron chi connectivity index (χ1n) is 11.6. The van der Waals surface area contributed by atoms with Gasteiger partial charge >= 0.3 is 0 Å². The van der Waals surface area contributed by atoms with Gasteiger partial charge < -0.3 is 4.90 Å². The van der Waals surface area contributed by atoms with Gasteiger partial charge in [0, 0.05) is 36.4 Å². The molecule has 0 amide bonds. The number of para-hydroxylation sites is 1. The summed E-state index contributed by atoms with van der Waals surface area (Å²) in [5.41, 5.74) is 6.56. The monoisotopic (exact) mass is 468 g/mol. The van der Waals surface area contributed by atoms with Gasteiger partial charge in [-0.15, -0.1) is 0 Å². The van der Waals surface area contributed by atoms with E-state index in [1.54, 1.807) is 6.20 Å². The summed E-state index contributed by atoms with van der Waals surface area (Å²) in [6.45, 7) is 8.68. The van der Waals surface area contributed by atoms with E-state index in [1.807, 2.05) is 42.1 Å². The highest BCUT2D eigenvalue weighted by molar-refractivity contribution is 6.34. The molecular weight excluding hydrogens is 440 g/mol. The Kier molecular flexibility index (Phi) is 5.78. The summed E-state index contributed by atoms with van der Waals surface area (Å²) in [6.07, 6.45) is 10.1. The van der Waals surface area contributed by atoms with E-state index >= 15 is 0 Å². The first-order chi connectivity index (χ1) is 16.4. The predicted octanol–water partition coefficient (Wildman–Crippen LogP) is 7.73. The molecule has 0 N–H and O–H groups in total. The third kappa shape index (κ3) is 4.14. The average molecular weight is 469 g/mol. The Hall–Kier alpha value is -3.37. The number of nitrogens with zero attached hydrogens (tertiary/aromatic N) is 4. The number of rotatable bonds is 6. The highest BCUT2D eigenvalue weighted by atomic mass is 35.5. The molecule has 2 aromatic heterocycles. The van der Waals surface area contributed by atoms with E-state index < -0.39 is 0 Å². The Balaban J connectivity index is 1.52. The van der Waals surface area contributed by atoms with Gasteiger partial charge in [0.25, 0.3) is 0 Å². The fourth-order valence-corrected chi connectivity index (χ4v) is 5.21. The van der Waals surface area contributed by atoms with Crippen LogP contribution >= 0.6 is 11.6 Å². The van der Waals surface area contributed by atoms with Crippen LogP contribution in [-0.4, -0.2) is 21.8 Å². The lowest BCUT2D eigenvalue weighted by atomic mass is 9.63. The quantitative estimate of drug-likeness (QED) is 0.271. The van der Waals surface area contributed by atoms with Gasteiger partial charge in [-0.3, -0.25) is 0 Å². The maximum Gasteiger partial charge on any atom is 0.155 e. The second-order valence-corrected chi connectivity index (χ2v) is 10.2. The number of halogens is 1. The van der Waals surface area contributed by atoms with Crippen molar-refractivity contribution in [2.45, 2.75) is 32.6 Å². The molecule has 4 aromatic rings. The van der Waals surface area contributed by atoms with Crippen LogP contribution in [0.1, 0.15) is 49.4 Å². The molecule has 1 saturated carbocycles. The fourth-order valence-electron chi connectivity index (χ4n) is 4.97. The van der Waals surface area contributed by atoms with Crippen LogP contribution < -0.4 is 4.90 Å². The van der Waals surface area contributed by atoms with Gasteiger partial charge in [-0.1, -0.05) is 62.4 Å². The summed E-state index contributed by atoms with van der Waals surface area (Å²) >= 11 is 6.59. The molecular formula is C29H29ClN4. The molecule has 1 aliphatic rings. The van der Waals surface area contributed by atoms with E-state index in [-0.39, 0.29) is 0 Å². The van der Waals surface area contributed by atoms with Crippen molar-refractivity contribution in [3.63, 3.8) is 0 Å². The van der Waals surface area contributed by atoms with Crippen molar-refractivity contribution in [1.82, 2.24) is 14.8 Å². The normalized spacial score (nSPS) is 15.5. The summed E-state index contributed by atoms with van der Waals surface area (Å²) in [7, 11) is 2.04. The summed E-state index contributed by atoms with van der Waals surface area (Å²) < 4.78 is 1.95. The molecule has 34 heavy (non-hydrogen) atoms. The van der Waals surface area contributed by atoms with Gasteiger partial charge in [-0.05, 0) is 65.8 Å². The van der Waals surface area contributed by atoms with Crippen molar-refractivity contribution in [3.8, 4) is 5.69 Å². The molecule has 2 aromatic carbocycles. The molecule has 172 valence electrons. The molecule has 0 radical (unpaired) electrons. The Morgan fingerprint density at radius 2 is 1.85 bits per heavy atom. The molecule has 1 aliphatic carbocycles. The summed E-state index contributed by atoms with van der Waals surface area (Å²) in [5.74, 6) is 0.451. The van der Waals surface area contributed by atoms with Crippen molar-refractivity contribution in [2.75, 3.05) is 11.9 Å². The zero-order valence-corrected chi connectivity index (χ0v) is 20.6. The molecule has 4 nitrogen and oxygen atoms in total. The molecule has 5 rings (SSSR count). The lowest BCUT2D eigenvalue weighted by Crippen LogP contribution is -2.30. The highest BCUT2D eigenvalue weighted by Gasteiger charge is 2.39. The molecule has 0 atom stereocenters. The van der Waals surface area contributed by atoms with Crippen molar-refractivity contribution >= 4 is 40.3 Å². The van der Waals surface area contributed by atoms with Crippen LogP contribution in [0.5, 0.6) is 0 Å². The third-order valence-corrected chi connectivity index (χ3v) is 7.01. The molecule has 0 bridgehead atoms. The van der Waals surface area contributed by atoms with Crippen LogP contribution in [-0.2, 0) is 0 Å². The predicted molar refractivity (Wildman–Crippen MR) is 144 cm³/mol. The molecule has 0 saturated heterocycles. The van der Waals surface area contributed by atoms with Crippen LogP contribution in [0.15, 0.2) is 73.6 Å². The first kappa shape index (κ1) is 22.4. The van der Waals surface area contributed by atoms with Crippen molar-refractivity contribution < 1.29 is 0 Å². The van der Waals surface area contributed by atoms with E-state index in [9.17, 15) is 0 Å². The Labute approximate surface area is 206 Å². The summed E-state index contributed by atoms with van der Waals surface area (Å²) in [6, 6.07) is 18.6. The Morgan fingerprint density at radius 3 is 2.56 bits per heavy atom. The van der Waals surface area contributed by atoms with E-state index in [0.717, 1.165) is 51.9 Å². The molecule has 0 spiro atoms. The first-order valence-corrected chi connectivity index (χ1v) is 12.0. The lowest BCUT2D eigenvalue weighted by molar-refractivity contribution is 0.149. The van der Waals surface area contributed by atoms with E-state index in [4.69, 9.17) is 16.7 Å². The Bertz CT molecular complexity index is 1380. The van der Waals surface area contributed by atoms with Crippen LogP contribution in [0.3, 0.4) is 0 Å². The Morgan fingerprint density at radius 1 is 1.09 bits per heavy atom.